The highest BCUT2D eigenvalue weighted by molar-refractivity contribution is 6.30. The summed E-state index contributed by atoms with van der Waals surface area (Å²) in [7, 11) is 0. The minimum Gasteiger partial charge on any atom is -0.325 e. The largest absolute Gasteiger partial charge is 0.325 e. The molecule has 3 rings (SSSR count). The van der Waals surface area contributed by atoms with Gasteiger partial charge in [-0.3, -0.25) is 0 Å². The molecule has 0 aliphatic heterocycles. The van der Waals surface area contributed by atoms with Gasteiger partial charge in [0.15, 0.2) is 0 Å². The fraction of sp³-hybridized carbons (Fsp3) is 0.0667. The van der Waals surface area contributed by atoms with Crippen molar-refractivity contribution in [3.8, 4) is 16.9 Å². The number of rotatable bonds is 3. The van der Waals surface area contributed by atoms with E-state index in [0.29, 0.717) is 11.6 Å². The van der Waals surface area contributed by atoms with Crippen LogP contribution in [0.4, 0.5) is 0 Å². The second-order valence-corrected chi connectivity index (χ2v) is 4.78. The third kappa shape index (κ3) is 2.31. The third-order valence-electron chi connectivity index (χ3n) is 3.03. The molecule has 4 nitrogen and oxygen atoms in total. The molecule has 0 amide bonds. The average Bonchev–Trinajstić information content (AvgIpc) is 2.92. The first-order chi connectivity index (χ1) is 9.79. The van der Waals surface area contributed by atoms with Crippen LogP contribution in [0.5, 0.6) is 0 Å². The minimum absolute atomic E-state index is 0.338. The molecule has 0 atom stereocenters. The van der Waals surface area contributed by atoms with Gasteiger partial charge in [0.1, 0.15) is 5.69 Å². The van der Waals surface area contributed by atoms with Crippen LogP contribution in [-0.2, 0) is 6.54 Å². The summed E-state index contributed by atoms with van der Waals surface area (Å²) < 4.78 is 1.77. The molecule has 20 heavy (non-hydrogen) atoms. The van der Waals surface area contributed by atoms with Gasteiger partial charge in [-0.15, -0.1) is 5.10 Å². The van der Waals surface area contributed by atoms with Crippen molar-refractivity contribution in [1.82, 2.24) is 15.0 Å². The van der Waals surface area contributed by atoms with Crippen molar-refractivity contribution in [2.75, 3.05) is 0 Å². The summed E-state index contributed by atoms with van der Waals surface area (Å²) in [4.78, 5) is 0. The quantitative estimate of drug-likeness (QED) is 0.804. The molecule has 0 bridgehead atoms. The van der Waals surface area contributed by atoms with E-state index in [9.17, 15) is 0 Å². The van der Waals surface area contributed by atoms with E-state index in [4.69, 9.17) is 17.3 Å². The van der Waals surface area contributed by atoms with Gasteiger partial charge in [0.05, 0.1) is 11.4 Å². The van der Waals surface area contributed by atoms with Crippen LogP contribution in [0, 0.1) is 0 Å². The summed E-state index contributed by atoms with van der Waals surface area (Å²) in [5, 5.41) is 9.02. The summed E-state index contributed by atoms with van der Waals surface area (Å²) in [6, 6.07) is 17.5. The summed E-state index contributed by atoms with van der Waals surface area (Å²) in [6.45, 7) is 0.338. The standard InChI is InChI=1S/C15H13ClN4/c16-12-7-4-8-13(9-12)20-15(14(10-17)18-19-20)11-5-2-1-3-6-11/h1-9H,10,17H2. The van der Waals surface area contributed by atoms with Crippen molar-refractivity contribution in [2.45, 2.75) is 6.54 Å². The zero-order valence-corrected chi connectivity index (χ0v) is 11.5. The molecule has 0 spiro atoms. The fourth-order valence-corrected chi connectivity index (χ4v) is 2.31. The van der Waals surface area contributed by atoms with Crippen LogP contribution in [0.25, 0.3) is 16.9 Å². The van der Waals surface area contributed by atoms with Crippen molar-refractivity contribution >= 4 is 11.6 Å². The molecular formula is C15H13ClN4. The first kappa shape index (κ1) is 12.8. The number of halogens is 1. The van der Waals surface area contributed by atoms with Crippen LogP contribution in [0.3, 0.4) is 0 Å². The molecular weight excluding hydrogens is 272 g/mol. The Morgan fingerprint density at radius 3 is 2.55 bits per heavy atom. The van der Waals surface area contributed by atoms with Crippen molar-refractivity contribution in [3.63, 3.8) is 0 Å². The lowest BCUT2D eigenvalue weighted by molar-refractivity contribution is 0.800. The smallest absolute Gasteiger partial charge is 0.105 e. The normalized spacial score (nSPS) is 10.7. The number of hydrogen-bond donors (Lipinski definition) is 1. The monoisotopic (exact) mass is 284 g/mol. The van der Waals surface area contributed by atoms with E-state index in [1.54, 1.807) is 4.68 Å². The van der Waals surface area contributed by atoms with Crippen LogP contribution in [0.1, 0.15) is 5.69 Å². The van der Waals surface area contributed by atoms with Gasteiger partial charge in [-0.2, -0.15) is 0 Å². The van der Waals surface area contributed by atoms with E-state index in [2.05, 4.69) is 10.3 Å². The lowest BCUT2D eigenvalue weighted by Gasteiger charge is -2.08. The SMILES string of the molecule is NCc1nnn(-c2cccc(Cl)c2)c1-c1ccccc1. The molecule has 0 saturated carbocycles. The Morgan fingerprint density at radius 1 is 1.05 bits per heavy atom. The van der Waals surface area contributed by atoms with E-state index in [1.165, 1.54) is 0 Å². The van der Waals surface area contributed by atoms with E-state index in [0.717, 1.165) is 22.6 Å². The molecule has 0 fully saturated rings. The molecule has 0 unspecified atom stereocenters. The van der Waals surface area contributed by atoms with Crippen LogP contribution >= 0.6 is 11.6 Å². The first-order valence-electron chi connectivity index (χ1n) is 6.25. The van der Waals surface area contributed by atoms with E-state index >= 15 is 0 Å². The molecule has 2 N–H and O–H groups in total. The van der Waals surface area contributed by atoms with Gasteiger partial charge in [-0.05, 0) is 18.2 Å². The fourth-order valence-electron chi connectivity index (χ4n) is 2.12. The first-order valence-corrected chi connectivity index (χ1v) is 6.63. The summed E-state index contributed by atoms with van der Waals surface area (Å²) in [6.07, 6.45) is 0. The maximum atomic E-state index is 6.05. The van der Waals surface area contributed by atoms with Crippen molar-refractivity contribution in [2.24, 2.45) is 5.73 Å². The second-order valence-electron chi connectivity index (χ2n) is 4.35. The Balaban J connectivity index is 2.20. The summed E-state index contributed by atoms with van der Waals surface area (Å²) in [5.41, 5.74) is 9.32. The Morgan fingerprint density at radius 2 is 1.85 bits per heavy atom. The lowest BCUT2D eigenvalue weighted by atomic mass is 10.1. The summed E-state index contributed by atoms with van der Waals surface area (Å²) >= 11 is 6.05. The number of benzene rings is 2. The molecule has 100 valence electrons. The molecule has 0 saturated heterocycles. The minimum atomic E-state index is 0.338. The maximum Gasteiger partial charge on any atom is 0.105 e. The number of aromatic nitrogens is 3. The van der Waals surface area contributed by atoms with Crippen molar-refractivity contribution in [3.05, 3.63) is 65.3 Å². The molecule has 2 aromatic carbocycles. The average molecular weight is 285 g/mol. The van der Waals surface area contributed by atoms with Gasteiger partial charge in [0.25, 0.3) is 0 Å². The Kier molecular flexibility index (Phi) is 3.50. The van der Waals surface area contributed by atoms with Crippen LogP contribution in [0.15, 0.2) is 54.6 Å². The Hall–Kier alpha value is -2.17. The van der Waals surface area contributed by atoms with E-state index in [1.807, 2.05) is 54.6 Å². The highest BCUT2D eigenvalue weighted by Crippen LogP contribution is 2.25. The van der Waals surface area contributed by atoms with Gasteiger partial charge in [-0.1, -0.05) is 53.2 Å². The zero-order valence-electron chi connectivity index (χ0n) is 10.7. The molecule has 1 heterocycles. The topological polar surface area (TPSA) is 56.7 Å². The highest BCUT2D eigenvalue weighted by atomic mass is 35.5. The number of hydrogen-bond acceptors (Lipinski definition) is 3. The van der Waals surface area contributed by atoms with Gasteiger partial charge < -0.3 is 5.73 Å². The Labute approximate surface area is 121 Å². The molecule has 3 aromatic rings. The van der Waals surface area contributed by atoms with Crippen molar-refractivity contribution < 1.29 is 0 Å². The predicted molar refractivity (Wildman–Crippen MR) is 79.7 cm³/mol. The summed E-state index contributed by atoms with van der Waals surface area (Å²) in [5.74, 6) is 0. The number of nitrogens with two attached hydrogens (primary N) is 1. The van der Waals surface area contributed by atoms with E-state index in [-0.39, 0.29) is 0 Å². The van der Waals surface area contributed by atoms with Gasteiger partial charge in [-0.25, -0.2) is 4.68 Å². The van der Waals surface area contributed by atoms with E-state index < -0.39 is 0 Å². The second kappa shape index (κ2) is 5.45. The molecule has 0 aliphatic carbocycles. The Bertz CT molecular complexity index is 722. The molecule has 1 aromatic heterocycles. The predicted octanol–water partition coefficient (Wildman–Crippen LogP) is 3.05. The van der Waals surface area contributed by atoms with Crippen LogP contribution < -0.4 is 5.73 Å². The van der Waals surface area contributed by atoms with Crippen LogP contribution in [0.2, 0.25) is 5.02 Å². The molecule has 5 heteroatoms. The maximum absolute atomic E-state index is 6.05. The lowest BCUT2D eigenvalue weighted by Crippen LogP contribution is -2.02. The van der Waals surface area contributed by atoms with Gasteiger partial charge in [0.2, 0.25) is 0 Å². The zero-order chi connectivity index (χ0) is 13.9. The van der Waals surface area contributed by atoms with Gasteiger partial charge in [0, 0.05) is 17.1 Å². The van der Waals surface area contributed by atoms with Crippen LogP contribution in [-0.4, -0.2) is 15.0 Å². The third-order valence-corrected chi connectivity index (χ3v) is 3.27. The molecule has 0 radical (unpaired) electrons. The highest BCUT2D eigenvalue weighted by Gasteiger charge is 2.15. The van der Waals surface area contributed by atoms with Crippen molar-refractivity contribution in [1.29, 1.82) is 0 Å². The number of nitrogens with zero attached hydrogens (tertiary/aromatic N) is 3. The van der Waals surface area contributed by atoms with Gasteiger partial charge >= 0.3 is 0 Å². The molecule has 0 aliphatic rings.